The molecule has 1 N–H and O–H groups in total. The molecule has 1 atom stereocenters. The Morgan fingerprint density at radius 3 is 2.85 bits per heavy atom. The van der Waals surface area contributed by atoms with E-state index in [0.717, 1.165) is 11.3 Å². The molecule has 2 aromatic rings. The third-order valence-electron chi connectivity index (χ3n) is 3.01. The first-order valence-electron chi connectivity index (χ1n) is 6.11. The molecule has 0 amide bonds. The Kier molecular flexibility index (Phi) is 4.87. The minimum Gasteiger partial charge on any atom is -0.481 e. The van der Waals surface area contributed by atoms with Crippen LogP contribution in [0.3, 0.4) is 0 Å². The summed E-state index contributed by atoms with van der Waals surface area (Å²) in [6.45, 7) is 0. The van der Waals surface area contributed by atoms with Crippen molar-refractivity contribution in [3.05, 3.63) is 52.7 Å². The molecule has 0 aliphatic heterocycles. The van der Waals surface area contributed by atoms with Gasteiger partial charge in [0.25, 0.3) is 0 Å². The van der Waals surface area contributed by atoms with Crippen molar-refractivity contribution >= 4 is 11.6 Å². The number of rotatable bonds is 5. The summed E-state index contributed by atoms with van der Waals surface area (Å²) < 4.78 is 18.4. The highest BCUT2D eigenvalue weighted by atomic mass is 35.5. The number of ether oxygens (including phenoxy) is 1. The third-order valence-corrected chi connectivity index (χ3v) is 3.38. The molecule has 0 saturated heterocycles. The standard InChI is InChI=1S/C14H15ClFN3O/c1-17-12(13-7-14(20-2)19-8-18-13)6-9-5-10(16)3-4-11(9)15/h3-5,7-8,12,17H,6H2,1-2H3. The molecule has 0 saturated carbocycles. The minimum absolute atomic E-state index is 0.105. The molecule has 0 bridgehead atoms. The van der Waals surface area contributed by atoms with Crippen molar-refractivity contribution in [3.8, 4) is 5.88 Å². The molecule has 2 rings (SSSR count). The summed E-state index contributed by atoms with van der Waals surface area (Å²) in [6, 6.07) is 5.97. The van der Waals surface area contributed by atoms with E-state index in [1.165, 1.54) is 18.5 Å². The molecule has 0 radical (unpaired) electrons. The topological polar surface area (TPSA) is 47.0 Å². The number of hydrogen-bond donors (Lipinski definition) is 1. The van der Waals surface area contributed by atoms with Crippen LogP contribution in [0.4, 0.5) is 4.39 Å². The van der Waals surface area contributed by atoms with Gasteiger partial charge >= 0.3 is 0 Å². The Hall–Kier alpha value is -1.72. The summed E-state index contributed by atoms with van der Waals surface area (Å²) in [7, 11) is 3.36. The van der Waals surface area contributed by atoms with Gasteiger partial charge in [-0.15, -0.1) is 0 Å². The van der Waals surface area contributed by atoms with Crippen LogP contribution in [0.25, 0.3) is 0 Å². The molecule has 0 aliphatic rings. The molecule has 6 heteroatoms. The second-order valence-electron chi connectivity index (χ2n) is 4.27. The fourth-order valence-electron chi connectivity index (χ4n) is 1.93. The third kappa shape index (κ3) is 3.43. The van der Waals surface area contributed by atoms with E-state index < -0.39 is 0 Å². The van der Waals surface area contributed by atoms with Crippen LogP contribution < -0.4 is 10.1 Å². The van der Waals surface area contributed by atoms with Crippen LogP contribution in [0, 0.1) is 5.82 Å². The number of nitrogens with one attached hydrogen (secondary N) is 1. The van der Waals surface area contributed by atoms with Crippen LogP contribution in [-0.4, -0.2) is 24.1 Å². The minimum atomic E-state index is -0.306. The lowest BCUT2D eigenvalue weighted by atomic mass is 10.0. The lowest BCUT2D eigenvalue weighted by Gasteiger charge is -2.16. The van der Waals surface area contributed by atoms with Crippen molar-refractivity contribution in [1.29, 1.82) is 0 Å². The van der Waals surface area contributed by atoms with Crippen molar-refractivity contribution in [2.24, 2.45) is 0 Å². The zero-order valence-corrected chi connectivity index (χ0v) is 12.0. The monoisotopic (exact) mass is 295 g/mol. The molecular formula is C14H15ClFN3O. The summed E-state index contributed by atoms with van der Waals surface area (Å²) in [4.78, 5) is 8.18. The Balaban J connectivity index is 2.26. The fraction of sp³-hybridized carbons (Fsp3) is 0.286. The van der Waals surface area contributed by atoms with Gasteiger partial charge in [-0.05, 0) is 37.2 Å². The largest absolute Gasteiger partial charge is 0.481 e. The van der Waals surface area contributed by atoms with Gasteiger partial charge in [-0.1, -0.05) is 11.6 Å². The zero-order chi connectivity index (χ0) is 14.5. The first-order valence-corrected chi connectivity index (χ1v) is 6.49. The van der Waals surface area contributed by atoms with Gasteiger partial charge in [-0.25, -0.2) is 14.4 Å². The van der Waals surface area contributed by atoms with E-state index in [1.54, 1.807) is 19.2 Å². The highest BCUT2D eigenvalue weighted by Gasteiger charge is 2.15. The Morgan fingerprint density at radius 1 is 1.35 bits per heavy atom. The quantitative estimate of drug-likeness (QED) is 0.921. The molecule has 0 spiro atoms. The predicted octanol–water partition coefficient (Wildman–Crippen LogP) is 2.78. The van der Waals surface area contributed by atoms with Gasteiger partial charge in [0.05, 0.1) is 18.8 Å². The van der Waals surface area contributed by atoms with E-state index in [0.29, 0.717) is 17.3 Å². The number of methoxy groups -OCH3 is 1. The molecule has 4 nitrogen and oxygen atoms in total. The number of hydrogen-bond acceptors (Lipinski definition) is 4. The Bertz CT molecular complexity index is 594. The summed E-state index contributed by atoms with van der Waals surface area (Å²) in [5, 5.41) is 3.67. The average Bonchev–Trinajstić information content (AvgIpc) is 2.48. The fourth-order valence-corrected chi connectivity index (χ4v) is 2.12. The maximum Gasteiger partial charge on any atom is 0.216 e. The van der Waals surface area contributed by atoms with Crippen LogP contribution in [-0.2, 0) is 6.42 Å². The molecule has 1 aromatic carbocycles. The number of benzene rings is 1. The summed E-state index contributed by atoms with van der Waals surface area (Å²) in [5.74, 6) is 0.181. The molecule has 106 valence electrons. The second-order valence-corrected chi connectivity index (χ2v) is 4.67. The highest BCUT2D eigenvalue weighted by molar-refractivity contribution is 6.31. The molecule has 1 unspecified atom stereocenters. The van der Waals surface area contributed by atoms with Crippen LogP contribution in [0.15, 0.2) is 30.6 Å². The summed E-state index contributed by atoms with van der Waals surface area (Å²) >= 11 is 6.09. The molecule has 1 heterocycles. The van der Waals surface area contributed by atoms with Crippen molar-refractivity contribution in [1.82, 2.24) is 15.3 Å². The van der Waals surface area contributed by atoms with Crippen molar-refractivity contribution < 1.29 is 9.13 Å². The van der Waals surface area contributed by atoms with E-state index >= 15 is 0 Å². The SMILES string of the molecule is CNC(Cc1cc(F)ccc1Cl)c1cc(OC)ncn1. The number of nitrogens with zero attached hydrogens (tertiary/aromatic N) is 2. The molecule has 0 aliphatic carbocycles. The van der Waals surface area contributed by atoms with Crippen molar-refractivity contribution in [3.63, 3.8) is 0 Å². The van der Waals surface area contributed by atoms with Crippen molar-refractivity contribution in [2.75, 3.05) is 14.2 Å². The Morgan fingerprint density at radius 2 is 2.15 bits per heavy atom. The van der Waals surface area contributed by atoms with E-state index in [4.69, 9.17) is 16.3 Å². The zero-order valence-electron chi connectivity index (χ0n) is 11.2. The number of aromatic nitrogens is 2. The normalized spacial score (nSPS) is 12.2. The maximum absolute atomic E-state index is 13.3. The summed E-state index contributed by atoms with van der Waals surface area (Å²) in [5.41, 5.74) is 1.49. The lowest BCUT2D eigenvalue weighted by molar-refractivity contribution is 0.394. The van der Waals surface area contributed by atoms with Gasteiger partial charge in [0.2, 0.25) is 5.88 Å². The van der Waals surface area contributed by atoms with E-state index in [9.17, 15) is 4.39 Å². The van der Waals surface area contributed by atoms with Gasteiger partial charge in [0, 0.05) is 11.1 Å². The van der Waals surface area contributed by atoms with E-state index in [-0.39, 0.29) is 11.9 Å². The van der Waals surface area contributed by atoms with Crippen LogP contribution in [0.2, 0.25) is 5.02 Å². The predicted molar refractivity (Wildman–Crippen MR) is 75.5 cm³/mol. The first kappa shape index (κ1) is 14.7. The average molecular weight is 296 g/mol. The van der Waals surface area contributed by atoms with Gasteiger partial charge in [-0.3, -0.25) is 0 Å². The van der Waals surface area contributed by atoms with Gasteiger partial charge in [-0.2, -0.15) is 0 Å². The second kappa shape index (κ2) is 6.63. The van der Waals surface area contributed by atoms with Gasteiger partial charge in [0.1, 0.15) is 12.1 Å². The van der Waals surface area contributed by atoms with Crippen LogP contribution >= 0.6 is 11.6 Å². The first-order chi connectivity index (χ1) is 9.63. The van der Waals surface area contributed by atoms with Gasteiger partial charge in [0.15, 0.2) is 0 Å². The Labute approximate surface area is 122 Å². The molecule has 0 fully saturated rings. The highest BCUT2D eigenvalue weighted by Crippen LogP contribution is 2.24. The number of halogens is 2. The van der Waals surface area contributed by atoms with E-state index in [1.807, 2.05) is 7.05 Å². The molecule has 20 heavy (non-hydrogen) atoms. The maximum atomic E-state index is 13.3. The lowest BCUT2D eigenvalue weighted by Crippen LogP contribution is -2.20. The summed E-state index contributed by atoms with van der Waals surface area (Å²) in [6.07, 6.45) is 1.96. The molecular weight excluding hydrogens is 281 g/mol. The number of likely N-dealkylation sites (N-methyl/N-ethyl adjacent to an activating group) is 1. The smallest absolute Gasteiger partial charge is 0.216 e. The van der Waals surface area contributed by atoms with E-state index in [2.05, 4.69) is 15.3 Å². The van der Waals surface area contributed by atoms with Gasteiger partial charge < -0.3 is 10.1 Å². The van der Waals surface area contributed by atoms with Crippen LogP contribution in [0.5, 0.6) is 5.88 Å². The molecule has 1 aromatic heterocycles. The van der Waals surface area contributed by atoms with Crippen molar-refractivity contribution in [2.45, 2.75) is 12.5 Å². The van der Waals surface area contributed by atoms with Crippen LogP contribution in [0.1, 0.15) is 17.3 Å².